The first kappa shape index (κ1) is 24.8. The molecule has 3 rings (SSSR count). The second kappa shape index (κ2) is 10.4. The van der Waals surface area contributed by atoms with Crippen LogP contribution in [0.1, 0.15) is 18.1 Å². The van der Waals surface area contributed by atoms with Crippen LogP contribution in [-0.2, 0) is 16.9 Å². The predicted octanol–water partition coefficient (Wildman–Crippen LogP) is 6.64. The molecule has 0 saturated heterocycles. The third-order valence-electron chi connectivity index (χ3n) is 4.73. The Morgan fingerprint density at radius 3 is 2.15 bits per heavy atom. The minimum Gasteiger partial charge on any atom is -0.494 e. The van der Waals surface area contributed by atoms with E-state index in [0.29, 0.717) is 28.7 Å². The molecule has 1 N–H and O–H groups in total. The molecule has 4 nitrogen and oxygen atoms in total. The van der Waals surface area contributed by atoms with Gasteiger partial charge in [0, 0.05) is 5.02 Å². The topological polar surface area (TPSA) is 47.9 Å². The normalized spacial score (nSPS) is 13.4. The zero-order valence-corrected chi connectivity index (χ0v) is 18.3. The molecule has 0 bridgehead atoms. The van der Waals surface area contributed by atoms with Crippen molar-refractivity contribution in [1.29, 1.82) is 0 Å². The third-order valence-corrected chi connectivity index (χ3v) is 4.98. The molecule has 0 aliphatic heterocycles. The number of hydrogen-bond donors (Lipinski definition) is 1. The zero-order chi connectivity index (χ0) is 24.1. The summed E-state index contributed by atoms with van der Waals surface area (Å²) in [6.45, 7) is 0.727. The van der Waals surface area contributed by atoms with Gasteiger partial charge in [-0.3, -0.25) is 0 Å². The summed E-state index contributed by atoms with van der Waals surface area (Å²) < 4.78 is 71.2. The fourth-order valence-electron chi connectivity index (χ4n) is 2.98. The van der Waals surface area contributed by atoms with Gasteiger partial charge < -0.3 is 19.3 Å². The van der Waals surface area contributed by atoms with Gasteiger partial charge in [0.1, 0.15) is 11.5 Å². The van der Waals surface area contributed by atoms with E-state index in [4.69, 9.17) is 25.8 Å². The number of aliphatic hydroxyl groups is 1. The van der Waals surface area contributed by atoms with Crippen LogP contribution >= 0.6 is 11.6 Å². The first-order valence-electron chi connectivity index (χ1n) is 9.94. The van der Waals surface area contributed by atoms with Gasteiger partial charge in [-0.15, -0.1) is 0 Å². The summed E-state index contributed by atoms with van der Waals surface area (Å²) in [5.41, 5.74) is -3.26. The number of hydrogen-bond acceptors (Lipinski definition) is 4. The van der Waals surface area contributed by atoms with E-state index < -0.39 is 24.2 Å². The number of benzene rings is 3. The molecule has 0 aliphatic carbocycles. The Kier molecular flexibility index (Phi) is 7.84. The van der Waals surface area contributed by atoms with Crippen LogP contribution in [0.4, 0.5) is 17.6 Å². The van der Waals surface area contributed by atoms with Crippen molar-refractivity contribution in [3.05, 3.63) is 88.7 Å². The molecule has 3 aromatic carbocycles. The molecule has 33 heavy (non-hydrogen) atoms. The maximum absolute atomic E-state index is 14.1. The lowest BCUT2D eigenvalue weighted by Gasteiger charge is -2.30. The Labute approximate surface area is 193 Å². The highest BCUT2D eigenvalue weighted by molar-refractivity contribution is 6.30. The molecule has 0 heterocycles. The van der Waals surface area contributed by atoms with Gasteiger partial charge in [0.25, 0.3) is 0 Å². The van der Waals surface area contributed by atoms with Crippen LogP contribution in [0.2, 0.25) is 5.02 Å². The lowest BCUT2D eigenvalue weighted by atomic mass is 9.94. The molecule has 9 heteroatoms. The molecule has 176 valence electrons. The van der Waals surface area contributed by atoms with Crippen molar-refractivity contribution in [2.75, 3.05) is 13.2 Å². The van der Waals surface area contributed by atoms with Crippen molar-refractivity contribution in [2.24, 2.45) is 0 Å². The molecule has 0 amide bonds. The van der Waals surface area contributed by atoms with Crippen LogP contribution in [0.3, 0.4) is 0 Å². The minimum absolute atomic E-state index is 0.129. The van der Waals surface area contributed by atoms with Crippen LogP contribution in [0.5, 0.6) is 17.2 Å². The summed E-state index contributed by atoms with van der Waals surface area (Å²) in [5.74, 6) is -0.0737. The smallest absolute Gasteiger partial charge is 0.423 e. The van der Waals surface area contributed by atoms with Gasteiger partial charge in [-0.25, -0.2) is 4.39 Å². The molecular weight excluding hydrogens is 464 g/mol. The second-order valence-electron chi connectivity index (χ2n) is 7.13. The van der Waals surface area contributed by atoms with Crippen molar-refractivity contribution in [3.8, 4) is 17.2 Å². The first-order chi connectivity index (χ1) is 15.6. The van der Waals surface area contributed by atoms with Gasteiger partial charge in [-0.2, -0.15) is 13.2 Å². The summed E-state index contributed by atoms with van der Waals surface area (Å²) in [5, 5.41) is 10.9. The fourth-order valence-corrected chi connectivity index (χ4v) is 3.11. The van der Waals surface area contributed by atoms with Crippen LogP contribution in [0.25, 0.3) is 0 Å². The molecule has 0 aliphatic rings. The Morgan fingerprint density at radius 2 is 1.55 bits per heavy atom. The molecule has 0 spiro atoms. The van der Waals surface area contributed by atoms with E-state index in [1.54, 1.807) is 31.2 Å². The van der Waals surface area contributed by atoms with E-state index in [-0.39, 0.29) is 17.9 Å². The molecule has 0 radical (unpaired) electrons. The second-order valence-corrected chi connectivity index (χ2v) is 7.57. The molecular formula is C24H21ClF4O4. The van der Waals surface area contributed by atoms with Crippen LogP contribution in [-0.4, -0.2) is 24.5 Å². The summed E-state index contributed by atoms with van der Waals surface area (Å²) in [6, 6.07) is 15.0. The Hall–Kier alpha value is -2.81. The average Bonchev–Trinajstić information content (AvgIpc) is 2.77. The highest BCUT2D eigenvalue weighted by atomic mass is 35.5. The molecule has 3 aromatic rings. The number of rotatable bonds is 9. The van der Waals surface area contributed by atoms with E-state index >= 15 is 0 Å². The molecule has 0 aromatic heterocycles. The van der Waals surface area contributed by atoms with Crippen molar-refractivity contribution in [2.45, 2.75) is 25.3 Å². The number of halogens is 5. The average molecular weight is 485 g/mol. The lowest BCUT2D eigenvalue weighted by Crippen LogP contribution is -2.46. The summed E-state index contributed by atoms with van der Waals surface area (Å²) in [4.78, 5) is 0. The summed E-state index contributed by atoms with van der Waals surface area (Å²) in [6.07, 6.45) is -4.99. The first-order valence-corrected chi connectivity index (χ1v) is 10.3. The van der Waals surface area contributed by atoms with Crippen LogP contribution < -0.4 is 9.47 Å². The van der Waals surface area contributed by atoms with Crippen LogP contribution in [0, 0.1) is 5.82 Å². The molecule has 1 unspecified atom stereocenters. The number of ether oxygens (including phenoxy) is 3. The standard InChI is InChI=1S/C24H21ClF4O4/c1-2-32-19-8-4-17(5-9-19)23(30,24(27,28)29)15-31-14-16-3-12-21(26)22(13-16)33-20-10-6-18(25)7-11-20/h3-13,30H,2,14-15H2,1H3. The van der Waals surface area contributed by atoms with E-state index in [1.165, 1.54) is 24.3 Å². The van der Waals surface area contributed by atoms with E-state index in [1.807, 2.05) is 0 Å². The number of alkyl halides is 3. The highest BCUT2D eigenvalue weighted by Gasteiger charge is 2.55. The van der Waals surface area contributed by atoms with Gasteiger partial charge in [0.2, 0.25) is 5.60 Å². The SMILES string of the molecule is CCOc1ccc(C(O)(COCc2ccc(F)c(Oc3ccc(Cl)cc3)c2)C(F)(F)F)cc1. The Balaban J connectivity index is 1.71. The molecule has 0 fully saturated rings. The van der Waals surface area contributed by atoms with Gasteiger partial charge >= 0.3 is 6.18 Å². The Bertz CT molecular complexity index is 1060. The molecule has 0 saturated carbocycles. The fraction of sp³-hybridized carbons (Fsp3) is 0.250. The van der Waals surface area contributed by atoms with Crippen molar-refractivity contribution in [1.82, 2.24) is 0 Å². The summed E-state index contributed by atoms with van der Waals surface area (Å²) >= 11 is 5.81. The van der Waals surface area contributed by atoms with Crippen LogP contribution in [0.15, 0.2) is 66.7 Å². The van der Waals surface area contributed by atoms with Gasteiger partial charge in [0.05, 0.1) is 19.8 Å². The predicted molar refractivity (Wildman–Crippen MR) is 115 cm³/mol. The zero-order valence-electron chi connectivity index (χ0n) is 17.5. The third kappa shape index (κ3) is 6.16. The summed E-state index contributed by atoms with van der Waals surface area (Å²) in [7, 11) is 0. The van der Waals surface area contributed by atoms with E-state index in [2.05, 4.69) is 0 Å². The molecule has 1 atom stereocenters. The van der Waals surface area contributed by atoms with Gasteiger partial charge in [-0.1, -0.05) is 29.8 Å². The van der Waals surface area contributed by atoms with E-state index in [0.717, 1.165) is 18.2 Å². The lowest BCUT2D eigenvalue weighted by molar-refractivity contribution is -0.283. The quantitative estimate of drug-likeness (QED) is 0.346. The van der Waals surface area contributed by atoms with E-state index in [9.17, 15) is 22.7 Å². The largest absolute Gasteiger partial charge is 0.494 e. The Morgan fingerprint density at radius 1 is 0.909 bits per heavy atom. The highest BCUT2D eigenvalue weighted by Crippen LogP contribution is 2.40. The van der Waals surface area contributed by atoms with Crippen molar-refractivity contribution in [3.63, 3.8) is 0 Å². The van der Waals surface area contributed by atoms with Gasteiger partial charge in [-0.05, 0) is 66.6 Å². The maximum atomic E-state index is 14.1. The van der Waals surface area contributed by atoms with Gasteiger partial charge in [0.15, 0.2) is 11.6 Å². The maximum Gasteiger partial charge on any atom is 0.423 e. The van der Waals surface area contributed by atoms with Crippen molar-refractivity contribution < 1.29 is 36.9 Å². The van der Waals surface area contributed by atoms with Crippen molar-refractivity contribution >= 4 is 11.6 Å². The monoisotopic (exact) mass is 484 g/mol. The minimum atomic E-state index is -4.99.